The number of fused-ring (bicyclic) bond motifs is 1. The van der Waals surface area contributed by atoms with Crippen LogP contribution in [0.25, 0.3) is 5.65 Å². The van der Waals surface area contributed by atoms with Crippen LogP contribution in [0.15, 0.2) is 53.3 Å². The molecule has 1 aromatic carbocycles. The van der Waals surface area contributed by atoms with Crippen molar-refractivity contribution in [3.8, 4) is 11.8 Å². The van der Waals surface area contributed by atoms with Crippen LogP contribution in [0.2, 0.25) is 0 Å². The van der Waals surface area contributed by atoms with Gasteiger partial charge in [0.05, 0.1) is 17.8 Å². The number of hydrogen-bond donors (Lipinski definition) is 1. The smallest absolute Gasteiger partial charge is 0.261 e. The minimum absolute atomic E-state index is 0.0613. The Morgan fingerprint density at radius 3 is 2.81 bits per heavy atom. The summed E-state index contributed by atoms with van der Waals surface area (Å²) in [5.41, 5.74) is 1.96. The molecule has 0 spiro atoms. The Hall–Kier alpha value is -2.85. The van der Waals surface area contributed by atoms with Crippen molar-refractivity contribution >= 4 is 27.5 Å². The Morgan fingerprint density at radius 1 is 1.30 bits per heavy atom. The number of ether oxygens (including phenoxy) is 1. The third-order valence-electron chi connectivity index (χ3n) is 4.03. The quantitative estimate of drug-likeness (QED) is 0.651. The van der Waals surface area contributed by atoms with Gasteiger partial charge in [-0.05, 0) is 46.1 Å². The van der Waals surface area contributed by atoms with E-state index in [1.54, 1.807) is 24.3 Å². The molecule has 0 saturated heterocycles. The SMILES string of the molecule is CC(C)C(Oc1ccccc1C#N)C(=O)NCc1cn2cc(Br)ccc2n1. The van der Waals surface area contributed by atoms with Crippen LogP contribution in [-0.4, -0.2) is 21.4 Å². The summed E-state index contributed by atoms with van der Waals surface area (Å²) in [5, 5.41) is 12.1. The highest BCUT2D eigenvalue weighted by molar-refractivity contribution is 9.10. The molecule has 3 rings (SSSR count). The van der Waals surface area contributed by atoms with E-state index in [9.17, 15) is 10.1 Å². The fourth-order valence-corrected chi connectivity index (χ4v) is 3.02. The molecule has 7 heteroatoms. The summed E-state index contributed by atoms with van der Waals surface area (Å²) in [6.45, 7) is 4.11. The lowest BCUT2D eigenvalue weighted by Gasteiger charge is -2.22. The zero-order valence-corrected chi connectivity index (χ0v) is 16.6. The summed E-state index contributed by atoms with van der Waals surface area (Å²) < 4.78 is 8.70. The molecule has 0 aliphatic rings. The maximum absolute atomic E-state index is 12.7. The van der Waals surface area contributed by atoms with Crippen molar-refractivity contribution in [1.82, 2.24) is 14.7 Å². The average molecular weight is 427 g/mol. The number of para-hydroxylation sites is 1. The number of benzene rings is 1. The molecule has 0 saturated carbocycles. The topological polar surface area (TPSA) is 79.4 Å². The molecule has 6 nitrogen and oxygen atoms in total. The molecule has 1 amide bonds. The van der Waals surface area contributed by atoms with Crippen molar-refractivity contribution in [2.75, 3.05) is 0 Å². The van der Waals surface area contributed by atoms with Crippen molar-refractivity contribution in [2.24, 2.45) is 5.92 Å². The second-order valence-electron chi connectivity index (χ2n) is 6.45. The van der Waals surface area contributed by atoms with Crippen molar-refractivity contribution in [2.45, 2.75) is 26.5 Å². The molecule has 0 fully saturated rings. The van der Waals surface area contributed by atoms with Gasteiger partial charge in [-0.2, -0.15) is 5.26 Å². The van der Waals surface area contributed by atoms with Crippen molar-refractivity contribution < 1.29 is 9.53 Å². The fraction of sp³-hybridized carbons (Fsp3) is 0.250. The molecule has 2 aromatic heterocycles. The van der Waals surface area contributed by atoms with E-state index in [1.165, 1.54) is 0 Å². The minimum Gasteiger partial charge on any atom is -0.479 e. The van der Waals surface area contributed by atoms with E-state index in [1.807, 2.05) is 42.8 Å². The maximum Gasteiger partial charge on any atom is 0.261 e. The number of hydrogen-bond acceptors (Lipinski definition) is 4. The second kappa shape index (κ2) is 8.23. The lowest BCUT2D eigenvalue weighted by Crippen LogP contribution is -2.41. The van der Waals surface area contributed by atoms with Gasteiger partial charge >= 0.3 is 0 Å². The first-order valence-electron chi connectivity index (χ1n) is 8.54. The highest BCUT2D eigenvalue weighted by Crippen LogP contribution is 2.21. The predicted molar refractivity (Wildman–Crippen MR) is 105 cm³/mol. The number of rotatable bonds is 6. The van der Waals surface area contributed by atoms with Crippen LogP contribution in [0.3, 0.4) is 0 Å². The van der Waals surface area contributed by atoms with Gasteiger partial charge in [-0.3, -0.25) is 4.79 Å². The average Bonchev–Trinajstić information content (AvgIpc) is 3.06. The number of nitrogens with one attached hydrogen (secondary N) is 1. The standard InChI is InChI=1S/C20H19BrN4O2/c1-13(2)19(27-17-6-4-3-5-14(17)9-22)20(26)23-10-16-12-25-11-15(21)7-8-18(25)24-16/h3-8,11-13,19H,10H2,1-2H3,(H,23,26). The van der Waals surface area contributed by atoms with Gasteiger partial charge in [-0.25, -0.2) is 4.98 Å². The van der Waals surface area contributed by atoms with Gasteiger partial charge in [0.25, 0.3) is 5.91 Å². The molecule has 0 aliphatic carbocycles. The number of pyridine rings is 1. The van der Waals surface area contributed by atoms with E-state index in [2.05, 4.69) is 32.3 Å². The van der Waals surface area contributed by atoms with Gasteiger partial charge in [-0.1, -0.05) is 26.0 Å². The van der Waals surface area contributed by atoms with Crippen molar-refractivity contribution in [1.29, 1.82) is 5.26 Å². The van der Waals surface area contributed by atoms with Gasteiger partial charge in [0.2, 0.25) is 0 Å². The first-order valence-corrected chi connectivity index (χ1v) is 9.34. The first-order chi connectivity index (χ1) is 13.0. The molecule has 0 aliphatic heterocycles. The Kier molecular flexibility index (Phi) is 5.77. The zero-order valence-electron chi connectivity index (χ0n) is 15.0. The summed E-state index contributed by atoms with van der Waals surface area (Å²) in [7, 11) is 0. The molecule has 1 N–H and O–H groups in total. The lowest BCUT2D eigenvalue weighted by atomic mass is 10.1. The number of amides is 1. The van der Waals surface area contributed by atoms with Crippen LogP contribution in [-0.2, 0) is 11.3 Å². The van der Waals surface area contributed by atoms with Gasteiger partial charge in [0.1, 0.15) is 17.5 Å². The number of nitrogens with zero attached hydrogens (tertiary/aromatic N) is 3. The summed E-state index contributed by atoms with van der Waals surface area (Å²) in [6.07, 6.45) is 3.08. The monoisotopic (exact) mass is 426 g/mol. The minimum atomic E-state index is -0.703. The van der Waals surface area contributed by atoms with E-state index in [0.29, 0.717) is 17.9 Å². The Morgan fingerprint density at radius 2 is 2.07 bits per heavy atom. The number of nitriles is 1. The van der Waals surface area contributed by atoms with Gasteiger partial charge in [0, 0.05) is 16.9 Å². The Labute approximate surface area is 165 Å². The molecule has 138 valence electrons. The molecule has 3 aromatic rings. The van der Waals surface area contributed by atoms with Crippen LogP contribution in [0.1, 0.15) is 25.1 Å². The Balaban J connectivity index is 1.70. The van der Waals surface area contributed by atoms with E-state index in [4.69, 9.17) is 4.74 Å². The van der Waals surface area contributed by atoms with E-state index >= 15 is 0 Å². The summed E-state index contributed by atoms with van der Waals surface area (Å²) in [5.74, 6) is 0.108. The predicted octanol–water partition coefficient (Wildman–Crippen LogP) is 3.69. The molecule has 2 heterocycles. The molecular weight excluding hydrogens is 408 g/mol. The molecule has 0 radical (unpaired) electrons. The lowest BCUT2D eigenvalue weighted by molar-refractivity contribution is -0.130. The number of halogens is 1. The highest BCUT2D eigenvalue weighted by atomic mass is 79.9. The number of carbonyl (C=O) groups excluding carboxylic acids is 1. The van der Waals surface area contributed by atoms with Gasteiger partial charge in [-0.15, -0.1) is 0 Å². The van der Waals surface area contributed by atoms with E-state index in [0.717, 1.165) is 15.8 Å². The van der Waals surface area contributed by atoms with Crippen LogP contribution in [0.5, 0.6) is 5.75 Å². The Bertz CT molecular complexity index is 1010. The number of carbonyl (C=O) groups is 1. The van der Waals surface area contributed by atoms with E-state index < -0.39 is 6.10 Å². The molecular formula is C20H19BrN4O2. The van der Waals surface area contributed by atoms with Crippen LogP contribution in [0.4, 0.5) is 0 Å². The first kappa shape index (κ1) is 18.9. The zero-order chi connectivity index (χ0) is 19.4. The highest BCUT2D eigenvalue weighted by Gasteiger charge is 2.25. The van der Waals surface area contributed by atoms with Gasteiger partial charge < -0.3 is 14.5 Å². The number of aromatic nitrogens is 2. The van der Waals surface area contributed by atoms with Crippen molar-refractivity contribution in [3.05, 3.63) is 64.5 Å². The van der Waals surface area contributed by atoms with Crippen LogP contribution >= 0.6 is 15.9 Å². The third kappa shape index (κ3) is 4.47. The van der Waals surface area contributed by atoms with Crippen molar-refractivity contribution in [3.63, 3.8) is 0 Å². The number of imidazole rings is 1. The summed E-state index contributed by atoms with van der Waals surface area (Å²) >= 11 is 3.42. The van der Waals surface area contributed by atoms with Crippen LogP contribution < -0.4 is 10.1 Å². The van der Waals surface area contributed by atoms with E-state index in [-0.39, 0.29) is 11.8 Å². The normalized spacial score (nSPS) is 12.0. The van der Waals surface area contributed by atoms with Crippen LogP contribution in [0, 0.1) is 17.2 Å². The molecule has 0 bridgehead atoms. The second-order valence-corrected chi connectivity index (χ2v) is 7.37. The molecule has 1 unspecified atom stereocenters. The molecule has 1 atom stereocenters. The van der Waals surface area contributed by atoms with Gasteiger partial charge in [0.15, 0.2) is 6.10 Å². The third-order valence-corrected chi connectivity index (χ3v) is 4.50. The summed E-state index contributed by atoms with van der Waals surface area (Å²) in [4.78, 5) is 17.2. The summed E-state index contributed by atoms with van der Waals surface area (Å²) in [6, 6.07) is 12.8. The maximum atomic E-state index is 12.7. The largest absolute Gasteiger partial charge is 0.479 e. The molecule has 27 heavy (non-hydrogen) atoms. The fourth-order valence-electron chi connectivity index (χ4n) is 2.67.